The van der Waals surface area contributed by atoms with Crippen molar-refractivity contribution in [2.75, 3.05) is 0 Å². The molecule has 6 heteroatoms. The van der Waals surface area contributed by atoms with Gasteiger partial charge in [0.25, 0.3) is 0 Å². The summed E-state index contributed by atoms with van der Waals surface area (Å²) in [5, 5.41) is 0. The van der Waals surface area contributed by atoms with E-state index in [1.807, 2.05) is 36.4 Å². The summed E-state index contributed by atoms with van der Waals surface area (Å²) >= 11 is 0. The molecule has 4 aromatic rings. The Labute approximate surface area is 329 Å². The zero-order valence-electron chi connectivity index (χ0n) is 31.4. The Kier molecular flexibility index (Phi) is 9.70. The molecule has 4 nitrogen and oxygen atoms in total. The summed E-state index contributed by atoms with van der Waals surface area (Å²) < 4.78 is 0. The number of rotatable bonds is 4. The Morgan fingerprint density at radius 2 is 0.820 bits per heavy atom. The SMILES string of the molecule is C1=CC2=NC1=CC1=NC(=C(c3ccccc3)C3=NC(=CC4=NC(=C2)C=C4)C=C3c2ccccc2)C(c2ccccc2)=C1c1ccccc1.[H-].[H-].[H-].[H-].[Mg+2].[Mg+2]. The van der Waals surface area contributed by atoms with Gasteiger partial charge in [0, 0.05) is 22.3 Å². The molecule has 0 saturated heterocycles. The monoisotopic (exact) mass is 664 g/mol. The van der Waals surface area contributed by atoms with Crippen LogP contribution in [0.1, 0.15) is 28.0 Å². The molecule has 0 radical (unpaired) electrons. The Morgan fingerprint density at radius 1 is 0.360 bits per heavy atom. The van der Waals surface area contributed by atoms with Crippen molar-refractivity contribution in [2.24, 2.45) is 20.0 Å². The summed E-state index contributed by atoms with van der Waals surface area (Å²) in [5.41, 5.74) is 15.3. The van der Waals surface area contributed by atoms with Crippen LogP contribution in [-0.2, 0) is 0 Å². The molecule has 8 bridgehead atoms. The summed E-state index contributed by atoms with van der Waals surface area (Å²) in [7, 11) is 0. The van der Waals surface area contributed by atoms with Gasteiger partial charge in [-0.15, -0.1) is 0 Å². The van der Waals surface area contributed by atoms with Crippen molar-refractivity contribution in [1.82, 2.24) is 0 Å². The van der Waals surface area contributed by atoms with Gasteiger partial charge < -0.3 is 5.71 Å². The van der Waals surface area contributed by atoms with Crippen molar-refractivity contribution in [3.8, 4) is 0 Å². The fourth-order valence-corrected chi connectivity index (χ4v) is 6.63. The largest absolute Gasteiger partial charge is 2.00 e. The van der Waals surface area contributed by atoms with Gasteiger partial charge in [0.05, 0.1) is 45.6 Å². The zero-order chi connectivity index (χ0) is 31.9. The minimum atomic E-state index is 0. The van der Waals surface area contributed by atoms with Crippen molar-refractivity contribution < 1.29 is 5.71 Å². The molecule has 0 atom stereocenters. The quantitative estimate of drug-likeness (QED) is 0.195. The molecule has 5 heterocycles. The first-order valence-corrected chi connectivity index (χ1v) is 16.1. The second kappa shape index (κ2) is 14.5. The van der Waals surface area contributed by atoms with Crippen LogP contribution in [0.4, 0.5) is 0 Å². The topological polar surface area (TPSA) is 49.4 Å². The van der Waals surface area contributed by atoms with E-state index in [0.717, 1.165) is 90.2 Å². The second-order valence-electron chi connectivity index (χ2n) is 11.9. The number of fused-ring (bicyclic) bond motifs is 4. The van der Waals surface area contributed by atoms with Crippen LogP contribution in [0.2, 0.25) is 0 Å². The molecule has 50 heavy (non-hydrogen) atoms. The van der Waals surface area contributed by atoms with Gasteiger partial charge in [-0.05, 0) is 70.9 Å². The van der Waals surface area contributed by atoms with Crippen molar-refractivity contribution in [3.05, 3.63) is 215 Å². The van der Waals surface area contributed by atoms with E-state index in [0.29, 0.717) is 0 Å². The van der Waals surface area contributed by atoms with Crippen molar-refractivity contribution in [2.45, 2.75) is 0 Å². The number of aliphatic imine (C=N–C) groups is 4. The predicted molar refractivity (Wildman–Crippen MR) is 216 cm³/mol. The summed E-state index contributed by atoms with van der Waals surface area (Å²) in [6, 6.07) is 42.1. The average Bonchev–Trinajstić information content (AvgIpc) is 3.94. The van der Waals surface area contributed by atoms with Crippen LogP contribution in [0.15, 0.2) is 213 Å². The molecule has 0 spiro atoms. The van der Waals surface area contributed by atoms with Gasteiger partial charge >= 0.3 is 46.1 Å². The fourth-order valence-electron chi connectivity index (χ4n) is 6.63. The van der Waals surface area contributed by atoms with Crippen LogP contribution in [0.5, 0.6) is 0 Å². The second-order valence-corrected chi connectivity index (χ2v) is 11.9. The normalized spacial score (nSPS) is 17.1. The average molecular weight is 665 g/mol. The maximum atomic E-state index is 5.56. The van der Waals surface area contributed by atoms with E-state index in [-0.39, 0.29) is 51.8 Å². The van der Waals surface area contributed by atoms with Gasteiger partial charge in [-0.25, -0.2) is 20.0 Å². The van der Waals surface area contributed by atoms with Crippen LogP contribution in [0.3, 0.4) is 0 Å². The Balaban J connectivity index is 0.00000131. The third-order valence-corrected chi connectivity index (χ3v) is 8.75. The molecule has 5 aliphatic rings. The smallest absolute Gasteiger partial charge is 1.00 e. The summed E-state index contributed by atoms with van der Waals surface area (Å²) in [4.78, 5) is 20.8. The van der Waals surface area contributed by atoms with Crippen LogP contribution in [-0.4, -0.2) is 69.0 Å². The Bertz CT molecular complexity index is 2400. The van der Waals surface area contributed by atoms with E-state index in [1.165, 1.54) is 0 Å². The molecular formula is C44H32Mg2N4. The fraction of sp³-hybridized carbons (Fsp3) is 0. The summed E-state index contributed by atoms with van der Waals surface area (Å²) in [5.74, 6) is 0. The maximum absolute atomic E-state index is 5.56. The van der Waals surface area contributed by atoms with Crippen LogP contribution in [0, 0.1) is 0 Å². The number of hydrogen-bond acceptors (Lipinski definition) is 4. The Morgan fingerprint density at radius 3 is 1.38 bits per heavy atom. The van der Waals surface area contributed by atoms with Gasteiger partial charge in [-0.3, -0.25) is 0 Å². The number of hydrogen-bond donors (Lipinski definition) is 0. The van der Waals surface area contributed by atoms with Crippen LogP contribution >= 0.6 is 0 Å². The molecule has 0 amide bonds. The van der Waals surface area contributed by atoms with Gasteiger partial charge in [0.1, 0.15) is 0 Å². The first-order chi connectivity index (χ1) is 23.8. The Hall–Kier alpha value is -4.99. The molecule has 0 saturated carbocycles. The van der Waals surface area contributed by atoms with E-state index in [4.69, 9.17) is 20.0 Å². The zero-order valence-corrected chi connectivity index (χ0v) is 30.2. The summed E-state index contributed by atoms with van der Waals surface area (Å²) in [6.07, 6.45) is 16.5. The maximum Gasteiger partial charge on any atom is 2.00 e. The standard InChI is InChI=1S/C44H28N4.2Mg.4H/c1-5-13-29(14-6-1)38-27-37-26-35-22-21-33(45-35)25-34-23-24-36(46-34)28-39-40(30-15-7-2-8-16-30)41(31-17-9-3-10-18-31)44(48-39)42(43(38)47-37)32-19-11-4-12-20-32;;;;;;/h1-28H;;;;;;/q;2*+2;4*-1. The molecule has 5 aliphatic heterocycles. The minimum Gasteiger partial charge on any atom is -1.00 e. The molecule has 0 N–H and O–H groups in total. The van der Waals surface area contributed by atoms with E-state index in [9.17, 15) is 0 Å². The van der Waals surface area contributed by atoms with E-state index in [1.54, 1.807) is 0 Å². The molecule has 4 aromatic carbocycles. The first kappa shape index (κ1) is 33.5. The van der Waals surface area contributed by atoms with Gasteiger partial charge in [-0.1, -0.05) is 121 Å². The minimum absolute atomic E-state index is 0. The third-order valence-electron chi connectivity index (χ3n) is 8.75. The van der Waals surface area contributed by atoms with Gasteiger partial charge in [-0.2, -0.15) is 0 Å². The van der Waals surface area contributed by atoms with Crippen LogP contribution in [0.25, 0.3) is 22.3 Å². The summed E-state index contributed by atoms with van der Waals surface area (Å²) in [6.45, 7) is 0. The molecule has 0 aromatic heterocycles. The third kappa shape index (κ3) is 6.39. The molecular weight excluding hydrogens is 633 g/mol. The first-order valence-electron chi connectivity index (χ1n) is 16.1. The number of nitrogens with zero attached hydrogens (tertiary/aromatic N) is 4. The van der Waals surface area contributed by atoms with Gasteiger partial charge in [0.2, 0.25) is 0 Å². The predicted octanol–water partition coefficient (Wildman–Crippen LogP) is 9.38. The molecule has 9 rings (SSSR count). The molecule has 0 aliphatic carbocycles. The van der Waals surface area contributed by atoms with Crippen molar-refractivity contribution in [1.29, 1.82) is 0 Å². The number of benzene rings is 4. The van der Waals surface area contributed by atoms with E-state index >= 15 is 0 Å². The van der Waals surface area contributed by atoms with Crippen LogP contribution < -0.4 is 0 Å². The molecule has 0 fully saturated rings. The van der Waals surface area contributed by atoms with Crippen molar-refractivity contribution in [3.63, 3.8) is 0 Å². The molecule has 0 unspecified atom stereocenters. The van der Waals surface area contributed by atoms with Gasteiger partial charge in [0.15, 0.2) is 0 Å². The van der Waals surface area contributed by atoms with E-state index in [2.05, 4.69) is 133 Å². The molecule has 232 valence electrons. The van der Waals surface area contributed by atoms with E-state index < -0.39 is 0 Å². The van der Waals surface area contributed by atoms with Crippen molar-refractivity contribution >= 4 is 91.2 Å². The number of allylic oxidation sites excluding steroid dienone is 12.